The Morgan fingerprint density at radius 2 is 2.00 bits per heavy atom. The fourth-order valence-corrected chi connectivity index (χ4v) is 3.18. The molecular formula is C15H20N6O. The molecule has 7 heteroatoms. The summed E-state index contributed by atoms with van der Waals surface area (Å²) in [6.07, 6.45) is 5.05. The van der Waals surface area contributed by atoms with Gasteiger partial charge < -0.3 is 14.7 Å². The highest BCUT2D eigenvalue weighted by Gasteiger charge is 2.34. The van der Waals surface area contributed by atoms with Gasteiger partial charge in [-0.2, -0.15) is 5.26 Å². The van der Waals surface area contributed by atoms with Crippen LogP contribution in [-0.2, 0) is 0 Å². The molecule has 0 spiro atoms. The van der Waals surface area contributed by atoms with Crippen molar-refractivity contribution in [1.29, 1.82) is 5.26 Å². The molecule has 0 atom stereocenters. The van der Waals surface area contributed by atoms with E-state index in [1.807, 2.05) is 22.8 Å². The van der Waals surface area contributed by atoms with Crippen LogP contribution in [-0.4, -0.2) is 64.6 Å². The monoisotopic (exact) mass is 300 g/mol. The number of carbonyl (C=O) groups is 1. The third kappa shape index (κ3) is 2.69. The lowest BCUT2D eigenvalue weighted by molar-refractivity contribution is 0.169. The Morgan fingerprint density at radius 1 is 1.23 bits per heavy atom. The van der Waals surface area contributed by atoms with Crippen LogP contribution >= 0.6 is 0 Å². The molecule has 7 nitrogen and oxygen atoms in total. The van der Waals surface area contributed by atoms with Gasteiger partial charge in [0, 0.05) is 38.8 Å². The number of urea groups is 1. The average molecular weight is 300 g/mol. The van der Waals surface area contributed by atoms with Gasteiger partial charge in [-0.1, -0.05) is 0 Å². The number of carbonyl (C=O) groups excluding carboxylic acids is 1. The third-order valence-corrected chi connectivity index (χ3v) is 4.49. The maximum absolute atomic E-state index is 12.2. The summed E-state index contributed by atoms with van der Waals surface area (Å²) in [5, 5.41) is 8.75. The van der Waals surface area contributed by atoms with Crippen LogP contribution in [0.3, 0.4) is 0 Å². The van der Waals surface area contributed by atoms with E-state index in [9.17, 15) is 4.79 Å². The molecule has 2 fully saturated rings. The number of aromatic nitrogens is 2. The Labute approximate surface area is 130 Å². The highest BCUT2D eigenvalue weighted by Crippen LogP contribution is 2.23. The second-order valence-corrected chi connectivity index (χ2v) is 5.65. The molecule has 116 valence electrons. The van der Waals surface area contributed by atoms with Crippen molar-refractivity contribution < 1.29 is 4.79 Å². The molecule has 0 saturated carbocycles. The maximum atomic E-state index is 12.2. The first kappa shape index (κ1) is 14.6. The van der Waals surface area contributed by atoms with Crippen LogP contribution in [0.1, 0.15) is 25.5 Å². The highest BCUT2D eigenvalue weighted by molar-refractivity contribution is 5.76. The molecule has 0 radical (unpaired) electrons. The van der Waals surface area contributed by atoms with Gasteiger partial charge in [-0.3, -0.25) is 0 Å². The Bertz CT molecular complexity index is 573. The van der Waals surface area contributed by atoms with Crippen LogP contribution in [0.2, 0.25) is 0 Å². The van der Waals surface area contributed by atoms with Crippen molar-refractivity contribution in [3.05, 3.63) is 18.1 Å². The van der Waals surface area contributed by atoms with Gasteiger partial charge in [0.2, 0.25) is 0 Å². The van der Waals surface area contributed by atoms with Gasteiger partial charge in [-0.25, -0.2) is 14.8 Å². The van der Waals surface area contributed by atoms with Crippen LogP contribution in [0.4, 0.5) is 10.6 Å². The van der Waals surface area contributed by atoms with Crippen LogP contribution in [0, 0.1) is 11.3 Å². The van der Waals surface area contributed by atoms with Crippen molar-refractivity contribution in [2.75, 3.05) is 37.6 Å². The van der Waals surface area contributed by atoms with E-state index in [1.165, 1.54) is 6.20 Å². The Balaban J connectivity index is 1.58. The first-order chi connectivity index (χ1) is 10.7. The number of nitriles is 1. The molecule has 3 heterocycles. The van der Waals surface area contributed by atoms with Crippen molar-refractivity contribution in [2.24, 2.45) is 0 Å². The molecule has 0 bridgehead atoms. The van der Waals surface area contributed by atoms with E-state index >= 15 is 0 Å². The minimum Gasteiger partial charge on any atom is -0.355 e. The molecule has 22 heavy (non-hydrogen) atoms. The second-order valence-electron chi connectivity index (χ2n) is 5.65. The predicted molar refractivity (Wildman–Crippen MR) is 81.3 cm³/mol. The number of anilines is 1. The summed E-state index contributed by atoms with van der Waals surface area (Å²) < 4.78 is 0. The SMILES string of the molecule is CCN1CCN(C2CCN(c3cnc(C#N)cn3)CC2)C1=O. The number of likely N-dealkylation sites (N-methyl/N-ethyl adjacent to an activating group) is 1. The summed E-state index contributed by atoms with van der Waals surface area (Å²) in [7, 11) is 0. The van der Waals surface area contributed by atoms with Crippen molar-refractivity contribution in [2.45, 2.75) is 25.8 Å². The molecule has 0 N–H and O–H groups in total. The van der Waals surface area contributed by atoms with Gasteiger partial charge in [0.15, 0.2) is 5.69 Å². The van der Waals surface area contributed by atoms with Crippen molar-refractivity contribution in [3.8, 4) is 6.07 Å². The van der Waals surface area contributed by atoms with E-state index in [1.54, 1.807) is 6.20 Å². The molecule has 1 aromatic rings. The zero-order chi connectivity index (χ0) is 15.5. The van der Waals surface area contributed by atoms with Crippen molar-refractivity contribution in [1.82, 2.24) is 19.8 Å². The van der Waals surface area contributed by atoms with Crippen LogP contribution in [0.15, 0.2) is 12.4 Å². The molecule has 3 rings (SSSR count). The summed E-state index contributed by atoms with van der Waals surface area (Å²) in [6.45, 7) is 6.22. The van der Waals surface area contributed by atoms with Gasteiger partial charge in [0.1, 0.15) is 11.9 Å². The Kier molecular flexibility index (Phi) is 4.09. The van der Waals surface area contributed by atoms with E-state index in [0.29, 0.717) is 11.7 Å². The fraction of sp³-hybridized carbons (Fsp3) is 0.600. The number of nitrogens with zero attached hydrogens (tertiary/aromatic N) is 6. The first-order valence-corrected chi connectivity index (χ1v) is 7.75. The second kappa shape index (κ2) is 6.18. The van der Waals surface area contributed by atoms with Gasteiger partial charge in [0.25, 0.3) is 0 Å². The molecule has 0 unspecified atom stereocenters. The zero-order valence-corrected chi connectivity index (χ0v) is 12.8. The number of piperidine rings is 1. The van der Waals surface area contributed by atoms with Gasteiger partial charge >= 0.3 is 6.03 Å². The number of rotatable bonds is 3. The van der Waals surface area contributed by atoms with Crippen LogP contribution in [0.25, 0.3) is 0 Å². The molecule has 1 aromatic heterocycles. The zero-order valence-electron chi connectivity index (χ0n) is 12.8. The van der Waals surface area contributed by atoms with E-state index in [0.717, 1.165) is 51.4 Å². The van der Waals surface area contributed by atoms with Crippen molar-refractivity contribution >= 4 is 11.8 Å². The fourth-order valence-electron chi connectivity index (χ4n) is 3.18. The summed E-state index contributed by atoms with van der Waals surface area (Å²) >= 11 is 0. The van der Waals surface area contributed by atoms with E-state index in [2.05, 4.69) is 14.9 Å². The van der Waals surface area contributed by atoms with Crippen LogP contribution in [0.5, 0.6) is 0 Å². The molecule has 2 amide bonds. The largest absolute Gasteiger partial charge is 0.355 e. The summed E-state index contributed by atoms with van der Waals surface area (Å²) in [5.74, 6) is 0.806. The lowest BCUT2D eigenvalue weighted by atomic mass is 10.0. The molecule has 0 aromatic carbocycles. The Hall–Kier alpha value is -2.36. The molecule has 0 aliphatic carbocycles. The number of amides is 2. The Morgan fingerprint density at radius 3 is 2.55 bits per heavy atom. The first-order valence-electron chi connectivity index (χ1n) is 7.75. The molecular weight excluding hydrogens is 280 g/mol. The van der Waals surface area contributed by atoms with E-state index in [4.69, 9.17) is 5.26 Å². The van der Waals surface area contributed by atoms with Gasteiger partial charge in [-0.05, 0) is 19.8 Å². The highest BCUT2D eigenvalue weighted by atomic mass is 16.2. The van der Waals surface area contributed by atoms with Crippen molar-refractivity contribution in [3.63, 3.8) is 0 Å². The standard InChI is InChI=1S/C15H20N6O/c1-2-19-7-8-21(15(19)22)13-3-5-20(6-4-13)14-11-17-12(9-16)10-18-14/h10-11,13H,2-8H2,1H3. The van der Waals surface area contributed by atoms with E-state index in [-0.39, 0.29) is 6.03 Å². The van der Waals surface area contributed by atoms with E-state index < -0.39 is 0 Å². The minimum atomic E-state index is 0.180. The lowest BCUT2D eigenvalue weighted by Gasteiger charge is -2.36. The summed E-state index contributed by atoms with van der Waals surface area (Å²) in [6, 6.07) is 2.48. The maximum Gasteiger partial charge on any atom is 0.320 e. The minimum absolute atomic E-state index is 0.180. The predicted octanol–water partition coefficient (Wildman–Crippen LogP) is 1.07. The smallest absolute Gasteiger partial charge is 0.320 e. The average Bonchev–Trinajstić information content (AvgIpc) is 2.96. The molecule has 2 aliphatic rings. The van der Waals surface area contributed by atoms with Gasteiger partial charge in [0.05, 0.1) is 12.4 Å². The normalized spacial score (nSPS) is 19.6. The van der Waals surface area contributed by atoms with Crippen LogP contribution < -0.4 is 4.90 Å². The summed E-state index contributed by atoms with van der Waals surface area (Å²) in [4.78, 5) is 26.7. The quantitative estimate of drug-likeness (QED) is 0.834. The molecule has 2 aliphatic heterocycles. The third-order valence-electron chi connectivity index (χ3n) is 4.49. The molecule has 2 saturated heterocycles. The number of hydrogen-bond donors (Lipinski definition) is 0. The topological polar surface area (TPSA) is 76.4 Å². The lowest BCUT2D eigenvalue weighted by Crippen LogP contribution is -2.46. The number of hydrogen-bond acceptors (Lipinski definition) is 5. The summed E-state index contributed by atoms with van der Waals surface area (Å²) in [5.41, 5.74) is 0.334. The van der Waals surface area contributed by atoms with Gasteiger partial charge in [-0.15, -0.1) is 0 Å².